The smallest absolute Gasteiger partial charge is 0.128 e. The molecule has 3 aliphatic rings. The average molecular weight is 316 g/mol. The first-order valence-electron chi connectivity index (χ1n) is 9.19. The normalized spacial score (nSPS) is 31.5. The molecule has 4 rings (SSSR count). The molecule has 2 N–H and O–H groups in total. The highest BCUT2D eigenvalue weighted by atomic mass is 16.5. The molecule has 5 heteroatoms. The number of hydrogen-bond acceptors (Lipinski definition) is 5. The third-order valence-electron chi connectivity index (χ3n) is 5.57. The van der Waals surface area contributed by atoms with Crippen molar-refractivity contribution < 1.29 is 4.74 Å². The van der Waals surface area contributed by atoms with Crippen LogP contribution in [0.2, 0.25) is 0 Å². The zero-order valence-electron chi connectivity index (χ0n) is 13.8. The van der Waals surface area contributed by atoms with Crippen LogP contribution in [0, 0.1) is 5.92 Å². The molecule has 0 amide bonds. The summed E-state index contributed by atoms with van der Waals surface area (Å²) in [5.41, 5.74) is 1.15. The zero-order chi connectivity index (χ0) is 15.5. The number of nitrogens with zero attached hydrogens (tertiary/aromatic N) is 2. The molecule has 126 valence electrons. The lowest BCUT2D eigenvalue weighted by atomic mass is 9.94. The number of aromatic nitrogens is 1. The highest BCUT2D eigenvalue weighted by Gasteiger charge is 2.34. The molecule has 3 fully saturated rings. The SMILES string of the molecule is c1cc(N2CCCC2)ncc1NC1CCCC1C1COCCN1. The van der Waals surface area contributed by atoms with Crippen molar-refractivity contribution in [2.45, 2.75) is 44.2 Å². The number of ether oxygens (including phenoxy) is 1. The van der Waals surface area contributed by atoms with Gasteiger partial charge in [0.05, 0.1) is 25.1 Å². The third-order valence-corrected chi connectivity index (χ3v) is 5.57. The minimum atomic E-state index is 0.501. The average Bonchev–Trinajstić information content (AvgIpc) is 3.28. The van der Waals surface area contributed by atoms with Crippen LogP contribution in [0.15, 0.2) is 18.3 Å². The Hall–Kier alpha value is -1.33. The summed E-state index contributed by atoms with van der Waals surface area (Å²) in [5.74, 6) is 1.78. The van der Waals surface area contributed by atoms with E-state index >= 15 is 0 Å². The molecule has 0 radical (unpaired) electrons. The largest absolute Gasteiger partial charge is 0.381 e. The minimum Gasteiger partial charge on any atom is -0.381 e. The van der Waals surface area contributed by atoms with Gasteiger partial charge in [-0.05, 0) is 43.7 Å². The van der Waals surface area contributed by atoms with Gasteiger partial charge in [0.15, 0.2) is 0 Å². The van der Waals surface area contributed by atoms with Gasteiger partial charge in [-0.1, -0.05) is 6.42 Å². The Balaban J connectivity index is 1.38. The highest BCUT2D eigenvalue weighted by Crippen LogP contribution is 2.32. The van der Waals surface area contributed by atoms with Crippen molar-refractivity contribution >= 4 is 11.5 Å². The Morgan fingerprint density at radius 3 is 2.83 bits per heavy atom. The van der Waals surface area contributed by atoms with E-state index in [-0.39, 0.29) is 0 Å². The maximum absolute atomic E-state index is 5.66. The van der Waals surface area contributed by atoms with Gasteiger partial charge in [0.2, 0.25) is 0 Å². The van der Waals surface area contributed by atoms with Crippen LogP contribution in [-0.2, 0) is 4.74 Å². The predicted molar refractivity (Wildman–Crippen MR) is 93.0 cm³/mol. The Kier molecular flexibility index (Phi) is 4.67. The van der Waals surface area contributed by atoms with Crippen LogP contribution in [-0.4, -0.2) is 49.9 Å². The summed E-state index contributed by atoms with van der Waals surface area (Å²) in [6, 6.07) is 5.40. The van der Waals surface area contributed by atoms with Gasteiger partial charge in [-0.2, -0.15) is 0 Å². The monoisotopic (exact) mass is 316 g/mol. The van der Waals surface area contributed by atoms with Crippen LogP contribution >= 0.6 is 0 Å². The Bertz CT molecular complexity index is 494. The van der Waals surface area contributed by atoms with Crippen LogP contribution in [0.3, 0.4) is 0 Å². The number of pyridine rings is 1. The van der Waals surface area contributed by atoms with Gasteiger partial charge in [-0.25, -0.2) is 4.98 Å². The molecule has 3 atom stereocenters. The van der Waals surface area contributed by atoms with Crippen LogP contribution in [0.1, 0.15) is 32.1 Å². The lowest BCUT2D eigenvalue weighted by Gasteiger charge is -2.33. The van der Waals surface area contributed by atoms with Gasteiger partial charge in [0.1, 0.15) is 5.82 Å². The first kappa shape index (κ1) is 15.2. The van der Waals surface area contributed by atoms with Gasteiger partial charge in [0, 0.05) is 31.7 Å². The van der Waals surface area contributed by atoms with Gasteiger partial charge in [0.25, 0.3) is 0 Å². The number of anilines is 2. The van der Waals surface area contributed by atoms with Gasteiger partial charge >= 0.3 is 0 Å². The second-order valence-electron chi connectivity index (χ2n) is 7.08. The molecule has 2 saturated heterocycles. The van der Waals surface area contributed by atoms with E-state index < -0.39 is 0 Å². The Morgan fingerprint density at radius 1 is 1.17 bits per heavy atom. The third kappa shape index (κ3) is 3.45. The van der Waals surface area contributed by atoms with Crippen molar-refractivity contribution in [3.8, 4) is 0 Å². The van der Waals surface area contributed by atoms with Crippen LogP contribution in [0.5, 0.6) is 0 Å². The van der Waals surface area contributed by atoms with Crippen LogP contribution in [0.4, 0.5) is 11.5 Å². The molecule has 0 aromatic carbocycles. The summed E-state index contributed by atoms with van der Waals surface area (Å²) in [6.07, 6.45) is 8.44. The predicted octanol–water partition coefficient (Wildman–Crippen LogP) is 2.25. The first-order chi connectivity index (χ1) is 11.4. The molecule has 3 heterocycles. The maximum Gasteiger partial charge on any atom is 0.128 e. The lowest BCUT2D eigenvalue weighted by molar-refractivity contribution is 0.0559. The second kappa shape index (κ2) is 7.05. The molecule has 1 aromatic heterocycles. The van der Waals surface area contributed by atoms with E-state index in [1.54, 1.807) is 0 Å². The fourth-order valence-corrected chi connectivity index (χ4v) is 4.33. The molecule has 5 nitrogen and oxygen atoms in total. The number of rotatable bonds is 4. The molecule has 3 unspecified atom stereocenters. The molecule has 2 aliphatic heterocycles. The van der Waals surface area contributed by atoms with Crippen molar-refractivity contribution in [1.82, 2.24) is 10.3 Å². The van der Waals surface area contributed by atoms with Gasteiger partial charge < -0.3 is 20.3 Å². The Labute approximate surface area is 138 Å². The summed E-state index contributed by atoms with van der Waals surface area (Å²) >= 11 is 0. The molecule has 23 heavy (non-hydrogen) atoms. The summed E-state index contributed by atoms with van der Waals surface area (Å²) in [6.45, 7) is 4.99. The molecule has 1 aromatic rings. The van der Waals surface area contributed by atoms with Crippen molar-refractivity contribution in [2.24, 2.45) is 5.92 Å². The molecule has 0 bridgehead atoms. The summed E-state index contributed by atoms with van der Waals surface area (Å²) in [4.78, 5) is 7.04. The lowest BCUT2D eigenvalue weighted by Crippen LogP contribution is -2.49. The molecular weight excluding hydrogens is 288 g/mol. The van der Waals surface area contributed by atoms with Gasteiger partial charge in [-0.3, -0.25) is 0 Å². The maximum atomic E-state index is 5.66. The van der Waals surface area contributed by atoms with E-state index in [1.807, 2.05) is 6.20 Å². The first-order valence-corrected chi connectivity index (χ1v) is 9.19. The number of morpholine rings is 1. The van der Waals surface area contributed by atoms with Crippen molar-refractivity contribution in [3.63, 3.8) is 0 Å². The zero-order valence-corrected chi connectivity index (χ0v) is 13.8. The summed E-state index contributed by atoms with van der Waals surface area (Å²) in [5, 5.41) is 7.37. The topological polar surface area (TPSA) is 49.4 Å². The number of hydrogen-bond donors (Lipinski definition) is 2. The Morgan fingerprint density at radius 2 is 2.09 bits per heavy atom. The molecule has 1 saturated carbocycles. The summed E-state index contributed by atoms with van der Waals surface area (Å²) < 4.78 is 5.66. The molecule has 1 aliphatic carbocycles. The fourth-order valence-electron chi connectivity index (χ4n) is 4.33. The van der Waals surface area contributed by atoms with E-state index in [2.05, 4.69) is 32.7 Å². The van der Waals surface area contributed by atoms with Gasteiger partial charge in [-0.15, -0.1) is 0 Å². The van der Waals surface area contributed by atoms with E-state index in [1.165, 1.54) is 32.1 Å². The quantitative estimate of drug-likeness (QED) is 0.892. The van der Waals surface area contributed by atoms with E-state index in [0.717, 1.165) is 44.4 Å². The van der Waals surface area contributed by atoms with Crippen LogP contribution < -0.4 is 15.5 Å². The van der Waals surface area contributed by atoms with E-state index in [4.69, 9.17) is 4.74 Å². The van der Waals surface area contributed by atoms with Crippen molar-refractivity contribution in [2.75, 3.05) is 43.1 Å². The molecular formula is C18H28N4O. The van der Waals surface area contributed by atoms with Crippen molar-refractivity contribution in [1.29, 1.82) is 0 Å². The second-order valence-corrected chi connectivity index (χ2v) is 7.08. The standard InChI is InChI=1S/C18H28N4O/c1-2-10-22(9-1)18-7-6-14(12-20-18)21-16-5-3-4-15(16)17-13-23-11-8-19-17/h6-7,12,15-17,19,21H,1-5,8-11,13H2. The molecule has 0 spiro atoms. The van der Waals surface area contributed by atoms with Crippen molar-refractivity contribution in [3.05, 3.63) is 18.3 Å². The highest BCUT2D eigenvalue weighted by molar-refractivity contribution is 5.49. The minimum absolute atomic E-state index is 0.501. The van der Waals surface area contributed by atoms with E-state index in [0.29, 0.717) is 18.0 Å². The number of nitrogens with one attached hydrogen (secondary N) is 2. The van der Waals surface area contributed by atoms with E-state index in [9.17, 15) is 0 Å². The fraction of sp³-hybridized carbons (Fsp3) is 0.722. The summed E-state index contributed by atoms with van der Waals surface area (Å²) in [7, 11) is 0. The van der Waals surface area contributed by atoms with Crippen LogP contribution in [0.25, 0.3) is 0 Å².